The molecule has 0 spiro atoms. The normalized spacial score (nSPS) is 51.9. The molecule has 8 heteroatoms. The highest BCUT2D eigenvalue weighted by Gasteiger charge is 2.72. The molecule has 15 unspecified atom stereocenters. The van der Waals surface area contributed by atoms with Crippen LogP contribution in [0.4, 0.5) is 0 Å². The molecule has 2 heterocycles. The Kier molecular flexibility index (Phi) is 9.31. The molecular weight excluding hydrogens is 608 g/mol. The number of hydrogen-bond acceptors (Lipinski definition) is 8. The predicted octanol–water partition coefficient (Wildman–Crippen LogP) is 4.60. The zero-order chi connectivity index (χ0) is 34.2. The number of aliphatic hydroxyl groups excluding tert-OH is 2. The third-order valence-corrected chi connectivity index (χ3v) is 15.5. The minimum Gasteiger partial charge on any atom is -0.387 e. The van der Waals surface area contributed by atoms with E-state index < -0.39 is 47.0 Å². The number of ketones is 1. The Morgan fingerprint density at radius 2 is 1.73 bits per heavy atom. The number of ether oxygens (including phenoxy) is 3. The first-order valence-corrected chi connectivity index (χ1v) is 19.1. The molecule has 1 saturated heterocycles. The van der Waals surface area contributed by atoms with Gasteiger partial charge < -0.3 is 34.6 Å². The Balaban J connectivity index is 1.25. The van der Waals surface area contributed by atoms with Crippen LogP contribution in [0.1, 0.15) is 105 Å². The van der Waals surface area contributed by atoms with Crippen molar-refractivity contribution >= 4 is 5.78 Å². The summed E-state index contributed by atoms with van der Waals surface area (Å²) in [5.41, 5.74) is -3.24. The van der Waals surface area contributed by atoms with Gasteiger partial charge in [0.1, 0.15) is 12.2 Å². The number of fused-ring (bicyclic) bond motifs is 6. The maximum absolute atomic E-state index is 14.1. The lowest BCUT2D eigenvalue weighted by Gasteiger charge is -2.63. The molecule has 0 aromatic rings. The van der Waals surface area contributed by atoms with Gasteiger partial charge in [-0.3, -0.25) is 4.79 Å². The SMILES string of the molecule is COCCCOC1CCC2(C)C(C1)C(=O)C=C1C2CC2CC#CC(O)C3OC(C(C)C3C3CCCC3)C(O)C(C)(O)C3CCC1(O)C23C. The second-order valence-corrected chi connectivity index (χ2v) is 17.6. The average Bonchev–Trinajstić information content (AvgIpc) is 3.76. The van der Waals surface area contributed by atoms with E-state index in [2.05, 4.69) is 32.6 Å². The lowest BCUT2D eigenvalue weighted by molar-refractivity contribution is -0.211. The monoisotopic (exact) mass is 668 g/mol. The molecular formula is C40H60O8. The van der Waals surface area contributed by atoms with Crippen molar-refractivity contribution in [2.75, 3.05) is 20.3 Å². The molecule has 2 aliphatic heterocycles. The molecule has 0 amide bonds. The first kappa shape index (κ1) is 35.1. The second kappa shape index (κ2) is 12.7. The summed E-state index contributed by atoms with van der Waals surface area (Å²) in [5, 5.41) is 49.3. The summed E-state index contributed by atoms with van der Waals surface area (Å²) < 4.78 is 18.0. The Hall–Kier alpha value is -1.31. The van der Waals surface area contributed by atoms with Gasteiger partial charge in [0.25, 0.3) is 0 Å². The van der Waals surface area contributed by atoms with Gasteiger partial charge in [0.05, 0.1) is 29.5 Å². The number of rotatable bonds is 6. The van der Waals surface area contributed by atoms with Crippen molar-refractivity contribution in [3.05, 3.63) is 11.6 Å². The summed E-state index contributed by atoms with van der Waals surface area (Å²) in [6, 6.07) is 0. The van der Waals surface area contributed by atoms with Gasteiger partial charge in [-0.1, -0.05) is 52.4 Å². The highest BCUT2D eigenvalue weighted by Crippen LogP contribution is 2.71. The first-order chi connectivity index (χ1) is 22.8. The van der Waals surface area contributed by atoms with E-state index >= 15 is 0 Å². The molecule has 268 valence electrons. The van der Waals surface area contributed by atoms with Gasteiger partial charge in [-0.15, -0.1) is 5.92 Å². The molecule has 8 nitrogen and oxygen atoms in total. The van der Waals surface area contributed by atoms with Gasteiger partial charge in [0.15, 0.2) is 5.78 Å². The summed E-state index contributed by atoms with van der Waals surface area (Å²) in [5.74, 6) is 6.32. The second-order valence-electron chi connectivity index (χ2n) is 17.6. The van der Waals surface area contributed by atoms with Crippen LogP contribution >= 0.6 is 0 Å². The molecule has 4 N–H and O–H groups in total. The summed E-state index contributed by atoms with van der Waals surface area (Å²) in [4.78, 5) is 14.1. The van der Waals surface area contributed by atoms with Crippen molar-refractivity contribution in [2.24, 2.45) is 52.3 Å². The molecule has 7 rings (SSSR count). The summed E-state index contributed by atoms with van der Waals surface area (Å²) >= 11 is 0. The number of allylic oxidation sites excluding steroid dienone is 1. The van der Waals surface area contributed by atoms with Crippen LogP contribution in [0.15, 0.2) is 11.6 Å². The number of aliphatic hydroxyl groups is 4. The van der Waals surface area contributed by atoms with Gasteiger partial charge in [-0.2, -0.15) is 0 Å². The molecule has 5 aliphatic carbocycles. The van der Waals surface area contributed by atoms with Crippen LogP contribution in [0.2, 0.25) is 0 Å². The van der Waals surface area contributed by atoms with E-state index in [0.717, 1.165) is 56.9 Å². The maximum atomic E-state index is 14.1. The van der Waals surface area contributed by atoms with Crippen molar-refractivity contribution in [3.63, 3.8) is 0 Å². The van der Waals surface area contributed by atoms with Gasteiger partial charge in [0, 0.05) is 38.1 Å². The van der Waals surface area contributed by atoms with Crippen LogP contribution in [0.25, 0.3) is 0 Å². The van der Waals surface area contributed by atoms with Crippen LogP contribution in [-0.4, -0.2) is 88.3 Å². The summed E-state index contributed by atoms with van der Waals surface area (Å²) in [7, 11) is 1.69. The Morgan fingerprint density at radius 3 is 2.46 bits per heavy atom. The topological polar surface area (TPSA) is 126 Å². The smallest absolute Gasteiger partial charge is 0.159 e. The Bertz CT molecular complexity index is 1330. The lowest BCUT2D eigenvalue weighted by Crippen LogP contribution is -2.66. The number of carbonyl (C=O) groups is 1. The minimum atomic E-state index is -1.57. The van der Waals surface area contributed by atoms with Gasteiger partial charge in [0.2, 0.25) is 0 Å². The van der Waals surface area contributed by atoms with Crippen LogP contribution < -0.4 is 0 Å². The van der Waals surface area contributed by atoms with E-state index in [1.54, 1.807) is 20.1 Å². The highest BCUT2D eigenvalue weighted by atomic mass is 16.5. The fourth-order valence-corrected chi connectivity index (χ4v) is 12.8. The van der Waals surface area contributed by atoms with Crippen molar-refractivity contribution in [3.8, 4) is 11.8 Å². The third-order valence-electron chi connectivity index (χ3n) is 15.5. The molecule has 4 saturated carbocycles. The van der Waals surface area contributed by atoms with Gasteiger partial charge >= 0.3 is 0 Å². The summed E-state index contributed by atoms with van der Waals surface area (Å²) in [6.07, 6.45) is 8.30. The number of hydrogen-bond donors (Lipinski definition) is 4. The fraction of sp³-hybridized carbons (Fsp3) is 0.875. The van der Waals surface area contributed by atoms with Crippen LogP contribution in [0, 0.1) is 64.1 Å². The predicted molar refractivity (Wildman–Crippen MR) is 180 cm³/mol. The molecule has 7 aliphatic rings. The number of carbonyl (C=O) groups excluding carboxylic acids is 1. The van der Waals surface area contributed by atoms with Crippen LogP contribution in [0.3, 0.4) is 0 Å². The van der Waals surface area contributed by atoms with Crippen molar-refractivity contribution in [1.82, 2.24) is 0 Å². The average molecular weight is 669 g/mol. The van der Waals surface area contributed by atoms with Crippen molar-refractivity contribution < 1.29 is 39.4 Å². The molecule has 0 aromatic heterocycles. The molecule has 15 atom stereocenters. The fourth-order valence-electron chi connectivity index (χ4n) is 12.8. The molecule has 0 radical (unpaired) electrons. The van der Waals surface area contributed by atoms with Crippen LogP contribution in [0.5, 0.6) is 0 Å². The minimum absolute atomic E-state index is 0.00255. The van der Waals surface area contributed by atoms with Crippen molar-refractivity contribution in [1.29, 1.82) is 0 Å². The molecule has 0 aromatic carbocycles. The van der Waals surface area contributed by atoms with E-state index in [-0.39, 0.29) is 46.9 Å². The lowest BCUT2D eigenvalue weighted by atomic mass is 9.43. The first-order valence-electron chi connectivity index (χ1n) is 19.1. The Labute approximate surface area is 287 Å². The summed E-state index contributed by atoms with van der Waals surface area (Å²) in [6.45, 7) is 9.42. The van der Waals surface area contributed by atoms with E-state index in [9.17, 15) is 25.2 Å². The van der Waals surface area contributed by atoms with E-state index in [1.165, 1.54) is 0 Å². The number of methoxy groups -OCH3 is 1. The maximum Gasteiger partial charge on any atom is 0.159 e. The molecule has 48 heavy (non-hydrogen) atoms. The molecule has 2 bridgehead atoms. The zero-order valence-electron chi connectivity index (χ0n) is 29.8. The highest BCUT2D eigenvalue weighted by molar-refractivity contribution is 5.95. The third kappa shape index (κ3) is 5.15. The van der Waals surface area contributed by atoms with Gasteiger partial charge in [-0.05, 0) is 104 Å². The Morgan fingerprint density at radius 1 is 0.979 bits per heavy atom. The quantitative estimate of drug-likeness (QED) is 0.239. The van der Waals surface area contributed by atoms with Crippen molar-refractivity contribution in [2.45, 2.75) is 146 Å². The van der Waals surface area contributed by atoms with Crippen LogP contribution in [-0.2, 0) is 19.0 Å². The van der Waals surface area contributed by atoms with Gasteiger partial charge in [-0.25, -0.2) is 0 Å². The largest absolute Gasteiger partial charge is 0.387 e. The molecule has 5 fully saturated rings. The van der Waals surface area contributed by atoms with E-state index in [4.69, 9.17) is 14.2 Å². The van der Waals surface area contributed by atoms with E-state index in [1.807, 2.05) is 0 Å². The zero-order valence-corrected chi connectivity index (χ0v) is 29.8. The standard InChI is InChI=1S/C40H60O8/c1-23-33(24-10-6-7-11-24)35-30(41)13-8-12-25-20-27-28(22-31(42)29-21-26(14-16-37(27,29)2)47-19-9-18-46-5)40(45)17-15-32(38(25,40)3)39(4,44)36(43)34(23)48-35/h22-27,29-30,32-36,41,43-45H,6-7,9-12,14-21H2,1-5H3. The van der Waals surface area contributed by atoms with E-state index in [0.29, 0.717) is 44.8 Å².